The van der Waals surface area contributed by atoms with Gasteiger partial charge in [-0.3, -0.25) is 4.79 Å². The number of carbonyl (C=O) groups is 1. The van der Waals surface area contributed by atoms with Crippen molar-refractivity contribution >= 4 is 16.9 Å². The van der Waals surface area contributed by atoms with Gasteiger partial charge in [-0.2, -0.15) is 0 Å². The Morgan fingerprint density at radius 2 is 2.07 bits per heavy atom. The highest BCUT2D eigenvalue weighted by Crippen LogP contribution is 2.18. The second-order valence-electron chi connectivity index (χ2n) is 7.61. The molecular weight excluding hydrogens is 358 g/mol. The van der Waals surface area contributed by atoms with Crippen molar-refractivity contribution in [2.24, 2.45) is 0 Å². The molecule has 2 fully saturated rings. The first-order chi connectivity index (χ1) is 13.6. The quantitative estimate of drug-likeness (QED) is 0.876. The summed E-state index contributed by atoms with van der Waals surface area (Å²) in [6.07, 6.45) is 1.99. The number of aromatic nitrogens is 1. The molecule has 0 radical (unpaired) electrons. The van der Waals surface area contributed by atoms with Crippen LogP contribution in [0.5, 0.6) is 0 Å². The minimum absolute atomic E-state index is 0.0340. The molecule has 7 nitrogen and oxygen atoms in total. The molecule has 1 atom stereocenters. The molecule has 2 aromatic rings. The number of H-pyrrole nitrogens is 1. The summed E-state index contributed by atoms with van der Waals surface area (Å²) >= 11 is 0. The Bertz CT molecular complexity index is 898. The van der Waals surface area contributed by atoms with Gasteiger partial charge in [-0.15, -0.1) is 0 Å². The van der Waals surface area contributed by atoms with Crippen LogP contribution in [0.1, 0.15) is 24.0 Å². The van der Waals surface area contributed by atoms with Gasteiger partial charge < -0.3 is 24.3 Å². The molecule has 28 heavy (non-hydrogen) atoms. The summed E-state index contributed by atoms with van der Waals surface area (Å²) in [5.74, 6) is 0. The average Bonchev–Trinajstić information content (AvgIpc) is 3.21. The van der Waals surface area contributed by atoms with Crippen LogP contribution in [-0.2, 0) is 16.0 Å². The summed E-state index contributed by atoms with van der Waals surface area (Å²) in [5, 5.41) is 0.977. The topological polar surface area (TPSA) is 74.9 Å². The standard InChI is InChI=1S/C21H27N3O4/c1-15-4-5-19-16(11-15)12-17(20(25)22-19)13-24(14-18-3-2-8-28-18)21(26)23-6-9-27-10-7-23/h4-5,11-12,18H,2-3,6-10,13-14H2,1H3,(H,22,25)/t18-/m1/s1. The molecule has 2 aliphatic heterocycles. The van der Waals surface area contributed by atoms with Crippen LogP contribution in [0, 0.1) is 6.92 Å². The van der Waals surface area contributed by atoms with E-state index in [1.807, 2.05) is 31.2 Å². The fourth-order valence-electron chi connectivity index (χ4n) is 3.89. The van der Waals surface area contributed by atoms with E-state index in [9.17, 15) is 9.59 Å². The summed E-state index contributed by atoms with van der Waals surface area (Å²) in [6, 6.07) is 7.78. The normalized spacial score (nSPS) is 19.9. The number of ether oxygens (including phenoxy) is 2. The summed E-state index contributed by atoms with van der Waals surface area (Å²) < 4.78 is 11.1. The number of aryl methyl sites for hydroxylation is 1. The van der Waals surface area contributed by atoms with Crippen molar-refractivity contribution in [3.05, 3.63) is 45.7 Å². The Balaban J connectivity index is 1.60. The third-order valence-corrected chi connectivity index (χ3v) is 5.44. The Kier molecular flexibility index (Phi) is 5.64. The summed E-state index contributed by atoms with van der Waals surface area (Å²) in [5.41, 5.74) is 2.39. The van der Waals surface area contributed by atoms with Gasteiger partial charge in [-0.05, 0) is 43.4 Å². The molecule has 2 aliphatic rings. The molecule has 0 bridgehead atoms. The van der Waals surface area contributed by atoms with Crippen LogP contribution in [0.4, 0.5) is 4.79 Å². The fourth-order valence-corrected chi connectivity index (χ4v) is 3.89. The van der Waals surface area contributed by atoms with Gasteiger partial charge >= 0.3 is 6.03 Å². The number of rotatable bonds is 4. The van der Waals surface area contributed by atoms with E-state index in [0.29, 0.717) is 38.4 Å². The smallest absolute Gasteiger partial charge is 0.320 e. The molecular formula is C21H27N3O4. The zero-order valence-electron chi connectivity index (χ0n) is 16.3. The molecule has 4 rings (SSSR count). The first-order valence-corrected chi connectivity index (χ1v) is 9.96. The first kappa shape index (κ1) is 19.0. The number of carbonyl (C=O) groups excluding carboxylic acids is 1. The van der Waals surface area contributed by atoms with Gasteiger partial charge in [-0.1, -0.05) is 11.6 Å². The number of nitrogens with zero attached hydrogens (tertiary/aromatic N) is 2. The number of pyridine rings is 1. The Morgan fingerprint density at radius 3 is 2.82 bits per heavy atom. The maximum atomic E-state index is 13.1. The lowest BCUT2D eigenvalue weighted by atomic mass is 10.1. The Hall–Kier alpha value is -2.38. The molecule has 0 unspecified atom stereocenters. The molecule has 0 aliphatic carbocycles. The first-order valence-electron chi connectivity index (χ1n) is 9.96. The second kappa shape index (κ2) is 8.32. The molecule has 0 spiro atoms. The number of hydrogen-bond donors (Lipinski definition) is 1. The van der Waals surface area contributed by atoms with Gasteiger partial charge in [0.15, 0.2) is 0 Å². The number of benzene rings is 1. The van der Waals surface area contributed by atoms with Crippen LogP contribution in [-0.4, -0.2) is 66.4 Å². The van der Waals surface area contributed by atoms with Crippen LogP contribution in [0.15, 0.2) is 29.1 Å². The van der Waals surface area contributed by atoms with Gasteiger partial charge in [0, 0.05) is 37.3 Å². The molecule has 150 valence electrons. The van der Waals surface area contributed by atoms with Gasteiger partial charge in [0.05, 0.1) is 25.9 Å². The summed E-state index contributed by atoms with van der Waals surface area (Å²) in [7, 11) is 0. The average molecular weight is 385 g/mol. The van der Waals surface area contributed by atoms with E-state index >= 15 is 0 Å². The number of hydrogen-bond acceptors (Lipinski definition) is 4. The monoisotopic (exact) mass is 385 g/mol. The molecule has 7 heteroatoms. The van der Waals surface area contributed by atoms with E-state index in [1.165, 1.54) is 0 Å². The number of fused-ring (bicyclic) bond motifs is 1. The van der Waals surface area contributed by atoms with Gasteiger partial charge in [0.1, 0.15) is 0 Å². The van der Waals surface area contributed by atoms with Gasteiger partial charge in [0.25, 0.3) is 5.56 Å². The fraction of sp³-hybridized carbons (Fsp3) is 0.524. The van der Waals surface area contributed by atoms with Gasteiger partial charge in [-0.25, -0.2) is 4.79 Å². The van der Waals surface area contributed by atoms with E-state index in [0.717, 1.165) is 35.9 Å². The van der Waals surface area contributed by atoms with E-state index in [1.54, 1.807) is 9.80 Å². The molecule has 1 aromatic carbocycles. The SMILES string of the molecule is Cc1ccc2[nH]c(=O)c(CN(C[C@H]3CCCO3)C(=O)N3CCOCC3)cc2c1. The van der Waals surface area contributed by atoms with Crippen molar-refractivity contribution in [3.63, 3.8) is 0 Å². The van der Waals surface area contributed by atoms with E-state index in [2.05, 4.69) is 4.98 Å². The molecule has 0 saturated carbocycles. The van der Waals surface area contributed by atoms with Crippen LogP contribution in [0.3, 0.4) is 0 Å². The third kappa shape index (κ3) is 4.20. The lowest BCUT2D eigenvalue weighted by Crippen LogP contribution is -2.50. The third-order valence-electron chi connectivity index (χ3n) is 5.44. The zero-order valence-corrected chi connectivity index (χ0v) is 16.3. The van der Waals surface area contributed by atoms with Crippen molar-refractivity contribution in [3.8, 4) is 0 Å². The van der Waals surface area contributed by atoms with Gasteiger partial charge in [0.2, 0.25) is 0 Å². The van der Waals surface area contributed by atoms with Crippen molar-refractivity contribution < 1.29 is 14.3 Å². The molecule has 1 aromatic heterocycles. The number of amides is 2. The molecule has 2 amide bonds. The lowest BCUT2D eigenvalue weighted by Gasteiger charge is -2.34. The largest absolute Gasteiger partial charge is 0.378 e. The highest BCUT2D eigenvalue weighted by atomic mass is 16.5. The van der Waals surface area contributed by atoms with Crippen LogP contribution >= 0.6 is 0 Å². The maximum absolute atomic E-state index is 13.1. The second-order valence-corrected chi connectivity index (χ2v) is 7.61. The maximum Gasteiger partial charge on any atom is 0.320 e. The number of nitrogens with one attached hydrogen (secondary N) is 1. The molecule has 2 saturated heterocycles. The molecule has 1 N–H and O–H groups in total. The van der Waals surface area contributed by atoms with E-state index < -0.39 is 0 Å². The minimum atomic E-state index is -0.150. The minimum Gasteiger partial charge on any atom is -0.378 e. The summed E-state index contributed by atoms with van der Waals surface area (Å²) in [4.78, 5) is 32.3. The van der Waals surface area contributed by atoms with Crippen molar-refractivity contribution in [2.75, 3.05) is 39.5 Å². The number of urea groups is 1. The number of aromatic amines is 1. The van der Waals surface area contributed by atoms with Crippen molar-refractivity contribution in [1.82, 2.24) is 14.8 Å². The highest BCUT2D eigenvalue weighted by Gasteiger charge is 2.27. The van der Waals surface area contributed by atoms with Crippen LogP contribution in [0.2, 0.25) is 0 Å². The van der Waals surface area contributed by atoms with Crippen molar-refractivity contribution in [1.29, 1.82) is 0 Å². The zero-order chi connectivity index (χ0) is 19.5. The van der Waals surface area contributed by atoms with E-state index in [4.69, 9.17) is 9.47 Å². The molecule has 3 heterocycles. The summed E-state index contributed by atoms with van der Waals surface area (Å²) in [6.45, 7) is 5.79. The Labute approximate surface area is 164 Å². The van der Waals surface area contributed by atoms with Crippen LogP contribution < -0.4 is 5.56 Å². The lowest BCUT2D eigenvalue weighted by molar-refractivity contribution is 0.0326. The Morgan fingerprint density at radius 1 is 1.25 bits per heavy atom. The van der Waals surface area contributed by atoms with Crippen LogP contribution in [0.25, 0.3) is 10.9 Å². The van der Waals surface area contributed by atoms with E-state index in [-0.39, 0.29) is 24.2 Å². The highest BCUT2D eigenvalue weighted by molar-refractivity contribution is 5.80. The predicted molar refractivity (Wildman–Crippen MR) is 106 cm³/mol. The van der Waals surface area contributed by atoms with Crippen molar-refractivity contribution in [2.45, 2.75) is 32.4 Å². The number of morpholine rings is 1. The predicted octanol–water partition coefficient (Wildman–Crippen LogP) is 2.27.